The van der Waals surface area contributed by atoms with Crippen LogP contribution in [0.3, 0.4) is 0 Å². The Morgan fingerprint density at radius 3 is 2.31 bits per heavy atom. The highest BCUT2D eigenvalue weighted by Gasteiger charge is 2.32. The number of halogens is 5. The van der Waals surface area contributed by atoms with Crippen molar-refractivity contribution < 1.29 is 13.2 Å². The van der Waals surface area contributed by atoms with Gasteiger partial charge in [-0.2, -0.15) is 13.2 Å². The van der Waals surface area contributed by atoms with E-state index in [1.165, 1.54) is 56.5 Å². The van der Waals surface area contributed by atoms with E-state index in [1.807, 2.05) is 4.90 Å². The quantitative estimate of drug-likeness (QED) is 0.325. The first-order valence-corrected chi connectivity index (χ1v) is 12.6. The average Bonchev–Trinajstić information content (AvgIpc) is 2.78. The Morgan fingerprint density at radius 2 is 1.80 bits per heavy atom. The van der Waals surface area contributed by atoms with Crippen LogP contribution < -0.4 is 10.2 Å². The Bertz CT molecular complexity index is 1010. The molecule has 11 heteroatoms. The maximum absolute atomic E-state index is 12.9. The number of aromatic nitrogens is 2. The third-order valence-corrected chi connectivity index (χ3v) is 6.78. The van der Waals surface area contributed by atoms with Crippen molar-refractivity contribution in [1.29, 1.82) is 5.41 Å². The summed E-state index contributed by atoms with van der Waals surface area (Å²) in [5.41, 5.74) is 0.288. The van der Waals surface area contributed by atoms with Gasteiger partial charge >= 0.3 is 6.30 Å². The average molecular weight is 531 g/mol. The van der Waals surface area contributed by atoms with Crippen molar-refractivity contribution in [3.63, 3.8) is 0 Å². The minimum Gasteiger partial charge on any atom is -0.355 e. The summed E-state index contributed by atoms with van der Waals surface area (Å²) in [4.78, 5) is 12.6. The number of hydrogen-bond acceptors (Lipinski definition) is 6. The van der Waals surface area contributed by atoms with E-state index in [-0.39, 0.29) is 11.4 Å². The summed E-state index contributed by atoms with van der Waals surface area (Å²) in [6.07, 6.45) is 1.87. The van der Waals surface area contributed by atoms with Crippen molar-refractivity contribution in [2.24, 2.45) is 0 Å². The van der Waals surface area contributed by atoms with Crippen molar-refractivity contribution >= 4 is 40.5 Å². The monoisotopic (exact) mass is 530 g/mol. The van der Waals surface area contributed by atoms with E-state index in [4.69, 9.17) is 28.6 Å². The molecule has 4 rings (SSSR count). The van der Waals surface area contributed by atoms with Crippen LogP contribution in [0.2, 0.25) is 10.0 Å². The molecule has 0 bridgehead atoms. The van der Waals surface area contributed by atoms with Gasteiger partial charge in [0.1, 0.15) is 11.5 Å². The molecule has 192 valence electrons. The lowest BCUT2D eigenvalue weighted by Crippen LogP contribution is -2.38. The highest BCUT2D eigenvalue weighted by Crippen LogP contribution is 2.32. The molecule has 0 aliphatic carbocycles. The smallest absolute Gasteiger partial charge is 0.355 e. The molecule has 1 unspecified atom stereocenters. The summed E-state index contributed by atoms with van der Waals surface area (Å²) < 4.78 is 38.6. The number of benzene rings is 1. The summed E-state index contributed by atoms with van der Waals surface area (Å²) in [5, 5.41) is 10.6. The molecular weight excluding hydrogens is 500 g/mol. The number of rotatable bonds is 6. The standard InChI is InChI=1S/C17H16Cl2F3N5.C7H15N/c1-9(11-4-3-10(18)7-12(11)19)14(23)15-16(26-17(20,21)22)24-8-13(25-15)27-5-2-6-27;1-2-8-6-4-3-5-7-8/h3-4,7-9,23H,2,5-6H2,1H3,(H,24,26);2-7H2,1H3. The third-order valence-electron chi connectivity index (χ3n) is 6.21. The molecule has 3 heterocycles. The molecule has 0 spiro atoms. The minimum atomic E-state index is -4.69. The number of anilines is 2. The van der Waals surface area contributed by atoms with Crippen molar-refractivity contribution in [1.82, 2.24) is 14.9 Å². The van der Waals surface area contributed by atoms with Gasteiger partial charge in [-0.25, -0.2) is 9.97 Å². The lowest BCUT2D eigenvalue weighted by atomic mass is 9.94. The maximum Gasteiger partial charge on any atom is 0.483 e. The van der Waals surface area contributed by atoms with Gasteiger partial charge in [0.2, 0.25) is 0 Å². The van der Waals surface area contributed by atoms with Gasteiger partial charge in [-0.15, -0.1) is 0 Å². The Kier molecular flexibility index (Phi) is 9.61. The van der Waals surface area contributed by atoms with Gasteiger partial charge < -0.3 is 15.2 Å². The molecule has 1 atom stereocenters. The SMILES string of the molecule is CC(C(=N)c1nc(N2CCC2)cnc1NC(F)(F)F)c1ccc(Cl)cc1Cl.CCN1CCCCC1. The first-order chi connectivity index (χ1) is 16.6. The molecule has 2 aliphatic heterocycles. The second-order valence-corrected chi connectivity index (χ2v) is 9.53. The molecule has 6 nitrogen and oxygen atoms in total. The summed E-state index contributed by atoms with van der Waals surface area (Å²) in [6, 6.07) is 4.79. The minimum absolute atomic E-state index is 0.124. The Labute approximate surface area is 214 Å². The summed E-state index contributed by atoms with van der Waals surface area (Å²) in [6.45, 7) is 9.36. The van der Waals surface area contributed by atoms with Crippen LogP contribution in [0.5, 0.6) is 0 Å². The van der Waals surface area contributed by atoms with Gasteiger partial charge in [-0.05, 0) is 56.6 Å². The zero-order chi connectivity index (χ0) is 25.6. The van der Waals surface area contributed by atoms with Gasteiger partial charge in [0.25, 0.3) is 0 Å². The van der Waals surface area contributed by atoms with E-state index in [9.17, 15) is 13.2 Å². The number of hydrogen-bond donors (Lipinski definition) is 2. The number of likely N-dealkylation sites (tertiary alicyclic amines) is 1. The fourth-order valence-electron chi connectivity index (χ4n) is 3.98. The Morgan fingerprint density at radius 1 is 1.11 bits per heavy atom. The summed E-state index contributed by atoms with van der Waals surface area (Å²) >= 11 is 12.1. The van der Waals surface area contributed by atoms with Crippen LogP contribution >= 0.6 is 23.2 Å². The largest absolute Gasteiger partial charge is 0.483 e. The number of nitrogens with zero attached hydrogens (tertiary/aromatic N) is 4. The Hall–Kier alpha value is -2.10. The van der Waals surface area contributed by atoms with E-state index >= 15 is 0 Å². The van der Waals surface area contributed by atoms with Crippen molar-refractivity contribution in [3.8, 4) is 0 Å². The first-order valence-electron chi connectivity index (χ1n) is 11.8. The van der Waals surface area contributed by atoms with Crippen molar-refractivity contribution in [3.05, 3.63) is 45.7 Å². The molecule has 0 amide bonds. The van der Waals surface area contributed by atoms with Crippen LogP contribution in [0.1, 0.15) is 56.7 Å². The van der Waals surface area contributed by atoms with Crippen molar-refractivity contribution in [2.75, 3.05) is 42.9 Å². The third kappa shape index (κ3) is 7.69. The van der Waals surface area contributed by atoms with Gasteiger partial charge in [0.15, 0.2) is 5.82 Å². The van der Waals surface area contributed by atoms with Crippen LogP contribution in [0.4, 0.5) is 24.8 Å². The molecule has 0 radical (unpaired) electrons. The normalized spacial score (nSPS) is 17.2. The zero-order valence-electron chi connectivity index (χ0n) is 19.9. The zero-order valence-corrected chi connectivity index (χ0v) is 21.4. The molecule has 2 N–H and O–H groups in total. The molecule has 1 aromatic heterocycles. The lowest BCUT2D eigenvalue weighted by Gasteiger charge is -2.32. The van der Waals surface area contributed by atoms with Gasteiger partial charge in [-0.3, -0.25) is 5.32 Å². The molecule has 2 fully saturated rings. The molecule has 2 saturated heterocycles. The van der Waals surface area contributed by atoms with Crippen LogP contribution in [0, 0.1) is 5.41 Å². The number of alkyl halides is 3. The topological polar surface area (TPSA) is 68.1 Å². The lowest BCUT2D eigenvalue weighted by molar-refractivity contribution is -0.100. The van der Waals surface area contributed by atoms with E-state index in [0.717, 1.165) is 19.5 Å². The predicted octanol–water partition coefficient (Wildman–Crippen LogP) is 6.59. The van der Waals surface area contributed by atoms with Crippen LogP contribution in [-0.2, 0) is 0 Å². The van der Waals surface area contributed by atoms with Gasteiger partial charge in [-0.1, -0.05) is 49.5 Å². The van der Waals surface area contributed by atoms with E-state index in [2.05, 4.69) is 21.8 Å². The molecule has 35 heavy (non-hydrogen) atoms. The van der Waals surface area contributed by atoms with E-state index < -0.39 is 18.0 Å². The van der Waals surface area contributed by atoms with Crippen molar-refractivity contribution in [2.45, 2.75) is 51.7 Å². The molecule has 2 aromatic rings. The van der Waals surface area contributed by atoms with Crippen LogP contribution in [-0.4, -0.2) is 59.6 Å². The second-order valence-electron chi connectivity index (χ2n) is 8.68. The molecule has 1 aromatic carbocycles. The summed E-state index contributed by atoms with van der Waals surface area (Å²) in [7, 11) is 0. The fraction of sp³-hybridized carbons (Fsp3) is 0.542. The summed E-state index contributed by atoms with van der Waals surface area (Å²) in [5.74, 6) is -0.665. The second kappa shape index (κ2) is 12.2. The van der Waals surface area contributed by atoms with E-state index in [0.29, 0.717) is 21.4 Å². The van der Waals surface area contributed by atoms with Gasteiger partial charge in [0.05, 0.1) is 11.9 Å². The van der Waals surface area contributed by atoms with E-state index in [1.54, 1.807) is 19.1 Å². The number of nitrogens with one attached hydrogen (secondary N) is 2. The van der Waals surface area contributed by atoms with Gasteiger partial charge in [0, 0.05) is 29.1 Å². The van der Waals surface area contributed by atoms with Crippen LogP contribution in [0.25, 0.3) is 0 Å². The first kappa shape index (κ1) is 27.5. The number of piperidine rings is 1. The maximum atomic E-state index is 12.9. The van der Waals surface area contributed by atoms with Crippen LogP contribution in [0.15, 0.2) is 24.4 Å². The predicted molar refractivity (Wildman–Crippen MR) is 136 cm³/mol. The molecule has 2 aliphatic rings. The molecular formula is C24H31Cl2F3N6. The Balaban J connectivity index is 0.000000363. The highest BCUT2D eigenvalue weighted by molar-refractivity contribution is 6.35. The highest BCUT2D eigenvalue weighted by atomic mass is 35.5. The molecule has 0 saturated carbocycles. The fourth-order valence-corrected chi connectivity index (χ4v) is 4.55.